The van der Waals surface area contributed by atoms with Crippen LogP contribution in [0.15, 0.2) is 12.2 Å². The molecule has 2 nitrogen and oxygen atoms in total. The normalized spacial score (nSPS) is 24.2. The van der Waals surface area contributed by atoms with Crippen LogP contribution in [0, 0.1) is 11.5 Å². The van der Waals surface area contributed by atoms with Crippen LogP contribution in [0.1, 0.15) is 19.3 Å². The van der Waals surface area contributed by atoms with E-state index in [2.05, 4.69) is 43.3 Å². The molecular formula is C13H22O2Si. The van der Waals surface area contributed by atoms with Crippen molar-refractivity contribution >= 4 is 8.07 Å². The van der Waals surface area contributed by atoms with Crippen LogP contribution in [0.25, 0.3) is 0 Å². The number of rotatable bonds is 4. The van der Waals surface area contributed by atoms with Crippen molar-refractivity contribution in [3.8, 4) is 11.5 Å². The van der Waals surface area contributed by atoms with Gasteiger partial charge in [0.2, 0.25) is 0 Å². The summed E-state index contributed by atoms with van der Waals surface area (Å²) in [5.74, 6) is 3.30. The maximum Gasteiger partial charge on any atom is 0.147 e. The van der Waals surface area contributed by atoms with Crippen molar-refractivity contribution in [1.82, 2.24) is 0 Å². The summed E-state index contributed by atoms with van der Waals surface area (Å²) >= 11 is 0. The highest BCUT2D eigenvalue weighted by Gasteiger charge is 2.29. The van der Waals surface area contributed by atoms with Crippen LogP contribution < -0.4 is 0 Å². The van der Waals surface area contributed by atoms with Gasteiger partial charge in [-0.3, -0.25) is 0 Å². The minimum atomic E-state index is -1.27. The Morgan fingerprint density at radius 1 is 1.38 bits per heavy atom. The van der Waals surface area contributed by atoms with Crippen LogP contribution in [0.3, 0.4) is 0 Å². The number of allylic oxidation sites excluding steroid dienone is 1. The van der Waals surface area contributed by atoms with E-state index in [-0.39, 0.29) is 5.60 Å². The van der Waals surface area contributed by atoms with Crippen molar-refractivity contribution in [1.29, 1.82) is 0 Å². The predicted octanol–water partition coefficient (Wildman–Crippen LogP) is 2.97. The Hall–Kier alpha value is -0.563. The van der Waals surface area contributed by atoms with Gasteiger partial charge in [0.05, 0.1) is 0 Å². The fraction of sp³-hybridized carbons (Fsp3) is 0.692. The number of hydrogen-bond donors (Lipinski definition) is 0. The van der Waals surface area contributed by atoms with E-state index < -0.39 is 8.07 Å². The summed E-state index contributed by atoms with van der Waals surface area (Å²) in [6, 6.07) is 0. The zero-order chi connectivity index (χ0) is 12.1. The summed E-state index contributed by atoms with van der Waals surface area (Å²) in [5.41, 5.74) is 3.19. The number of methoxy groups -OCH3 is 1. The van der Waals surface area contributed by atoms with E-state index in [9.17, 15) is 0 Å². The fourth-order valence-corrected chi connectivity index (χ4v) is 2.28. The average molecular weight is 238 g/mol. The monoisotopic (exact) mass is 238 g/mol. The van der Waals surface area contributed by atoms with E-state index in [1.807, 2.05) is 0 Å². The van der Waals surface area contributed by atoms with Crippen LogP contribution in [-0.2, 0) is 9.47 Å². The second-order valence-corrected chi connectivity index (χ2v) is 10.0. The summed E-state index contributed by atoms with van der Waals surface area (Å²) in [4.78, 5) is 0. The van der Waals surface area contributed by atoms with Crippen molar-refractivity contribution in [2.24, 2.45) is 0 Å². The van der Waals surface area contributed by atoms with E-state index in [4.69, 9.17) is 9.47 Å². The molecule has 0 bridgehead atoms. The average Bonchev–Trinajstić information content (AvgIpc) is 2.62. The number of ether oxygens (including phenoxy) is 2. The third kappa shape index (κ3) is 4.52. The van der Waals surface area contributed by atoms with E-state index >= 15 is 0 Å². The van der Waals surface area contributed by atoms with Crippen molar-refractivity contribution in [2.75, 3.05) is 13.9 Å². The van der Waals surface area contributed by atoms with E-state index in [1.54, 1.807) is 7.11 Å². The maximum atomic E-state index is 5.76. The topological polar surface area (TPSA) is 18.5 Å². The van der Waals surface area contributed by atoms with Crippen molar-refractivity contribution in [3.05, 3.63) is 12.2 Å². The van der Waals surface area contributed by atoms with E-state index in [0.29, 0.717) is 6.79 Å². The molecule has 1 aliphatic carbocycles. The molecule has 1 unspecified atom stereocenters. The lowest BCUT2D eigenvalue weighted by molar-refractivity contribution is -0.105. The molecule has 1 atom stereocenters. The summed E-state index contributed by atoms with van der Waals surface area (Å²) in [7, 11) is 0.388. The SMILES string of the molecule is COCOC1(CC#C[Si](C)(C)C)C=CCC1. The molecule has 3 heteroatoms. The first-order valence-electron chi connectivity index (χ1n) is 5.78. The van der Waals surface area contributed by atoms with Gasteiger partial charge in [0.25, 0.3) is 0 Å². The Kier molecular flexibility index (Phi) is 4.79. The lowest BCUT2D eigenvalue weighted by Gasteiger charge is -2.25. The summed E-state index contributed by atoms with van der Waals surface area (Å²) in [6.07, 6.45) is 7.21. The summed E-state index contributed by atoms with van der Waals surface area (Å²) in [5, 5.41) is 0. The smallest absolute Gasteiger partial charge is 0.147 e. The quantitative estimate of drug-likeness (QED) is 0.324. The molecule has 1 rings (SSSR count). The molecule has 0 amide bonds. The van der Waals surface area contributed by atoms with Crippen LogP contribution >= 0.6 is 0 Å². The molecular weight excluding hydrogens is 216 g/mol. The third-order valence-corrected chi connectivity index (χ3v) is 3.40. The fourth-order valence-electron chi connectivity index (χ4n) is 1.66. The highest BCUT2D eigenvalue weighted by molar-refractivity contribution is 6.83. The van der Waals surface area contributed by atoms with Gasteiger partial charge in [-0.05, 0) is 12.8 Å². The summed E-state index contributed by atoms with van der Waals surface area (Å²) < 4.78 is 10.7. The predicted molar refractivity (Wildman–Crippen MR) is 69.8 cm³/mol. The maximum absolute atomic E-state index is 5.76. The molecule has 90 valence electrons. The molecule has 0 aromatic heterocycles. The highest BCUT2D eigenvalue weighted by atomic mass is 28.3. The minimum absolute atomic E-state index is 0.192. The van der Waals surface area contributed by atoms with Gasteiger partial charge in [0, 0.05) is 13.5 Å². The Morgan fingerprint density at radius 2 is 2.12 bits per heavy atom. The Bertz CT molecular complexity index is 306. The van der Waals surface area contributed by atoms with Crippen LogP contribution in [0.5, 0.6) is 0 Å². The second kappa shape index (κ2) is 5.67. The Morgan fingerprint density at radius 3 is 2.62 bits per heavy atom. The molecule has 0 aromatic carbocycles. The highest BCUT2D eigenvalue weighted by Crippen LogP contribution is 2.29. The van der Waals surface area contributed by atoms with Gasteiger partial charge in [0.1, 0.15) is 20.5 Å². The molecule has 0 aromatic rings. The molecule has 0 saturated carbocycles. The molecule has 1 aliphatic rings. The molecule has 0 N–H and O–H groups in total. The minimum Gasteiger partial charge on any atom is -0.359 e. The first-order chi connectivity index (χ1) is 7.47. The van der Waals surface area contributed by atoms with Gasteiger partial charge in [-0.2, -0.15) is 0 Å². The van der Waals surface area contributed by atoms with Crippen LogP contribution in [0.4, 0.5) is 0 Å². The first-order valence-corrected chi connectivity index (χ1v) is 9.28. The van der Waals surface area contributed by atoms with Crippen LogP contribution in [0.2, 0.25) is 19.6 Å². The Balaban J connectivity index is 2.57. The van der Waals surface area contributed by atoms with Gasteiger partial charge < -0.3 is 9.47 Å². The molecule has 0 heterocycles. The molecule has 0 aliphatic heterocycles. The lowest BCUT2D eigenvalue weighted by Crippen LogP contribution is -2.28. The lowest BCUT2D eigenvalue weighted by atomic mass is 10.00. The molecule has 16 heavy (non-hydrogen) atoms. The van der Waals surface area contributed by atoms with Crippen molar-refractivity contribution in [3.63, 3.8) is 0 Å². The van der Waals surface area contributed by atoms with Crippen molar-refractivity contribution < 1.29 is 9.47 Å². The Labute approximate surface area is 100 Å². The van der Waals surface area contributed by atoms with Gasteiger partial charge in [-0.25, -0.2) is 0 Å². The second-order valence-electron chi connectivity index (χ2n) is 5.29. The van der Waals surface area contributed by atoms with Gasteiger partial charge >= 0.3 is 0 Å². The van der Waals surface area contributed by atoms with Gasteiger partial charge in [-0.15, -0.1) is 11.5 Å². The zero-order valence-electron chi connectivity index (χ0n) is 10.8. The van der Waals surface area contributed by atoms with E-state index in [1.165, 1.54) is 0 Å². The molecule has 0 fully saturated rings. The van der Waals surface area contributed by atoms with Crippen LogP contribution in [-0.4, -0.2) is 27.6 Å². The van der Waals surface area contributed by atoms with Crippen molar-refractivity contribution in [2.45, 2.75) is 44.5 Å². The van der Waals surface area contributed by atoms with Gasteiger partial charge in [-0.1, -0.05) is 31.8 Å². The van der Waals surface area contributed by atoms with E-state index in [0.717, 1.165) is 19.3 Å². The zero-order valence-corrected chi connectivity index (χ0v) is 11.8. The standard InChI is InChI=1S/C13H22O2Si/c1-14-12-15-13(8-5-6-9-13)10-7-11-16(2,3)4/h5,8H,6,9-10,12H2,1-4H3. The number of hydrogen-bond acceptors (Lipinski definition) is 2. The first kappa shape index (κ1) is 13.5. The third-order valence-electron chi connectivity index (χ3n) is 2.47. The summed E-state index contributed by atoms with van der Waals surface area (Å²) in [6.45, 7) is 7.12. The molecule has 0 saturated heterocycles. The van der Waals surface area contributed by atoms with Gasteiger partial charge in [0.15, 0.2) is 0 Å². The largest absolute Gasteiger partial charge is 0.359 e. The molecule has 0 radical (unpaired) electrons. The molecule has 0 spiro atoms.